The number of aliphatic hydroxyl groups excluding tert-OH is 1. The summed E-state index contributed by atoms with van der Waals surface area (Å²) in [7, 11) is 1.33. The van der Waals surface area contributed by atoms with Gasteiger partial charge in [-0.2, -0.15) is 0 Å². The molecule has 0 aliphatic rings. The van der Waals surface area contributed by atoms with Crippen molar-refractivity contribution in [1.29, 1.82) is 0 Å². The molecule has 0 amide bonds. The molecule has 1 N–H and O–H groups in total. The summed E-state index contributed by atoms with van der Waals surface area (Å²) in [5, 5.41) is 9.54. The molecular weight excluding hydrogens is 272 g/mol. The number of ether oxygens (including phenoxy) is 2. The lowest BCUT2D eigenvalue weighted by molar-refractivity contribution is 0.0599. The van der Waals surface area contributed by atoms with Gasteiger partial charge < -0.3 is 19.0 Å². The quantitative estimate of drug-likeness (QED) is 0.857. The SMILES string of the molecule is COC(=O)c1cc(COc2cccc(C(C)O)c2)oc1C. The van der Waals surface area contributed by atoms with Gasteiger partial charge in [0, 0.05) is 0 Å². The molecule has 21 heavy (non-hydrogen) atoms. The molecule has 0 bridgehead atoms. The third kappa shape index (κ3) is 3.64. The molecule has 2 rings (SSSR count). The van der Waals surface area contributed by atoms with E-state index in [0.717, 1.165) is 5.56 Å². The van der Waals surface area contributed by atoms with Crippen molar-refractivity contribution >= 4 is 5.97 Å². The summed E-state index contributed by atoms with van der Waals surface area (Å²) >= 11 is 0. The van der Waals surface area contributed by atoms with Crippen molar-refractivity contribution in [1.82, 2.24) is 0 Å². The van der Waals surface area contributed by atoms with Gasteiger partial charge in [0.05, 0.1) is 13.2 Å². The normalized spacial score (nSPS) is 12.0. The molecule has 0 saturated heterocycles. The fourth-order valence-corrected chi connectivity index (χ4v) is 1.95. The van der Waals surface area contributed by atoms with Crippen LogP contribution < -0.4 is 4.74 Å². The van der Waals surface area contributed by atoms with E-state index in [4.69, 9.17) is 9.15 Å². The monoisotopic (exact) mass is 290 g/mol. The number of carbonyl (C=O) groups excluding carboxylic acids is 1. The van der Waals surface area contributed by atoms with Crippen LogP contribution in [0.15, 0.2) is 34.7 Å². The van der Waals surface area contributed by atoms with E-state index in [-0.39, 0.29) is 6.61 Å². The van der Waals surface area contributed by atoms with E-state index in [1.165, 1.54) is 7.11 Å². The Hall–Kier alpha value is -2.27. The minimum absolute atomic E-state index is 0.196. The highest BCUT2D eigenvalue weighted by Crippen LogP contribution is 2.21. The van der Waals surface area contributed by atoms with Crippen molar-refractivity contribution in [3.8, 4) is 5.75 Å². The van der Waals surface area contributed by atoms with Gasteiger partial charge in [0.15, 0.2) is 0 Å². The Morgan fingerprint density at radius 1 is 1.38 bits per heavy atom. The first kappa shape index (κ1) is 15.1. The van der Waals surface area contributed by atoms with E-state index in [2.05, 4.69) is 4.74 Å². The van der Waals surface area contributed by atoms with Crippen LogP contribution in [0, 0.1) is 6.92 Å². The van der Waals surface area contributed by atoms with Gasteiger partial charge in [-0.1, -0.05) is 12.1 Å². The highest BCUT2D eigenvalue weighted by Gasteiger charge is 2.15. The second kappa shape index (κ2) is 6.45. The average Bonchev–Trinajstić information content (AvgIpc) is 2.85. The summed E-state index contributed by atoms with van der Waals surface area (Å²) in [6.07, 6.45) is -0.551. The number of furan rings is 1. The molecule has 0 saturated carbocycles. The van der Waals surface area contributed by atoms with Crippen molar-refractivity contribution in [3.05, 3.63) is 53.0 Å². The first-order valence-corrected chi connectivity index (χ1v) is 6.59. The predicted octanol–water partition coefficient (Wildman–Crippen LogP) is 3.01. The highest BCUT2D eigenvalue weighted by atomic mass is 16.5. The first-order valence-electron chi connectivity index (χ1n) is 6.59. The molecule has 5 heteroatoms. The molecule has 1 heterocycles. The maximum Gasteiger partial charge on any atom is 0.341 e. The number of hydrogen-bond acceptors (Lipinski definition) is 5. The second-order valence-corrected chi connectivity index (χ2v) is 4.71. The molecule has 1 aromatic carbocycles. The van der Waals surface area contributed by atoms with Gasteiger partial charge in [0.1, 0.15) is 29.4 Å². The third-order valence-electron chi connectivity index (χ3n) is 3.10. The first-order chi connectivity index (χ1) is 10.0. The van der Waals surface area contributed by atoms with Crippen molar-refractivity contribution in [2.24, 2.45) is 0 Å². The summed E-state index contributed by atoms with van der Waals surface area (Å²) in [6.45, 7) is 3.59. The van der Waals surface area contributed by atoms with E-state index >= 15 is 0 Å². The van der Waals surface area contributed by atoms with Crippen LogP contribution >= 0.6 is 0 Å². The van der Waals surface area contributed by atoms with Gasteiger partial charge in [0.2, 0.25) is 0 Å². The molecule has 0 aliphatic carbocycles. The van der Waals surface area contributed by atoms with Gasteiger partial charge in [-0.3, -0.25) is 0 Å². The summed E-state index contributed by atoms with van der Waals surface area (Å²) in [5.41, 5.74) is 1.17. The Kier molecular flexibility index (Phi) is 4.65. The molecule has 5 nitrogen and oxygen atoms in total. The van der Waals surface area contributed by atoms with E-state index in [1.54, 1.807) is 32.0 Å². The molecule has 112 valence electrons. The molecular formula is C16H18O5. The molecule has 0 aliphatic heterocycles. The van der Waals surface area contributed by atoms with Gasteiger partial charge in [-0.05, 0) is 37.6 Å². The molecule has 0 fully saturated rings. The molecule has 1 aromatic heterocycles. The van der Waals surface area contributed by atoms with Crippen LogP contribution in [-0.2, 0) is 11.3 Å². The maximum atomic E-state index is 11.5. The zero-order chi connectivity index (χ0) is 15.4. The van der Waals surface area contributed by atoms with Crippen LogP contribution in [0.4, 0.5) is 0 Å². The van der Waals surface area contributed by atoms with Gasteiger partial charge in [-0.15, -0.1) is 0 Å². The lowest BCUT2D eigenvalue weighted by atomic mass is 10.1. The van der Waals surface area contributed by atoms with E-state index < -0.39 is 12.1 Å². The number of aliphatic hydroxyl groups is 1. The zero-order valence-corrected chi connectivity index (χ0v) is 12.3. The molecule has 1 atom stereocenters. The van der Waals surface area contributed by atoms with Crippen LogP contribution in [0.5, 0.6) is 5.75 Å². The molecule has 2 aromatic rings. The van der Waals surface area contributed by atoms with Crippen molar-refractivity contribution in [2.75, 3.05) is 7.11 Å². The van der Waals surface area contributed by atoms with E-state index in [1.807, 2.05) is 12.1 Å². The number of benzene rings is 1. The summed E-state index contributed by atoms with van der Waals surface area (Å²) < 4.78 is 15.7. The Labute approximate surface area is 123 Å². The third-order valence-corrected chi connectivity index (χ3v) is 3.10. The van der Waals surface area contributed by atoms with Crippen molar-refractivity contribution < 1.29 is 23.8 Å². The lowest BCUT2D eigenvalue weighted by Gasteiger charge is -2.08. The van der Waals surface area contributed by atoms with Gasteiger partial charge >= 0.3 is 5.97 Å². The number of methoxy groups -OCH3 is 1. The minimum Gasteiger partial charge on any atom is -0.486 e. The predicted molar refractivity (Wildman–Crippen MR) is 76.2 cm³/mol. The van der Waals surface area contributed by atoms with Gasteiger partial charge in [0.25, 0.3) is 0 Å². The van der Waals surface area contributed by atoms with Crippen molar-refractivity contribution in [3.63, 3.8) is 0 Å². The number of aryl methyl sites for hydroxylation is 1. The largest absolute Gasteiger partial charge is 0.486 e. The van der Waals surface area contributed by atoms with Crippen LogP contribution in [0.2, 0.25) is 0 Å². The Bertz CT molecular complexity index is 627. The lowest BCUT2D eigenvalue weighted by Crippen LogP contribution is -2.00. The standard InChI is InChI=1S/C16H18O5/c1-10(17)12-5-4-6-13(7-12)20-9-14-8-15(11(2)21-14)16(18)19-3/h4-8,10,17H,9H2,1-3H3. The number of rotatable bonds is 5. The summed E-state index contributed by atoms with van der Waals surface area (Å²) in [5.74, 6) is 1.23. The fourth-order valence-electron chi connectivity index (χ4n) is 1.95. The molecule has 0 spiro atoms. The Balaban J connectivity index is 2.06. The zero-order valence-electron chi connectivity index (χ0n) is 12.3. The summed E-state index contributed by atoms with van der Waals surface area (Å²) in [4.78, 5) is 11.5. The van der Waals surface area contributed by atoms with Crippen LogP contribution in [0.3, 0.4) is 0 Å². The van der Waals surface area contributed by atoms with Crippen LogP contribution in [-0.4, -0.2) is 18.2 Å². The topological polar surface area (TPSA) is 68.9 Å². The van der Waals surface area contributed by atoms with Crippen molar-refractivity contribution in [2.45, 2.75) is 26.6 Å². The number of carbonyl (C=O) groups is 1. The minimum atomic E-state index is -0.551. The van der Waals surface area contributed by atoms with Crippen LogP contribution in [0.25, 0.3) is 0 Å². The second-order valence-electron chi connectivity index (χ2n) is 4.71. The smallest absolute Gasteiger partial charge is 0.341 e. The highest BCUT2D eigenvalue weighted by molar-refractivity contribution is 5.90. The number of hydrogen-bond donors (Lipinski definition) is 1. The summed E-state index contributed by atoms with van der Waals surface area (Å²) in [6, 6.07) is 8.80. The van der Waals surface area contributed by atoms with E-state index in [0.29, 0.717) is 22.8 Å². The fraction of sp³-hybridized carbons (Fsp3) is 0.312. The molecule has 1 unspecified atom stereocenters. The maximum absolute atomic E-state index is 11.5. The van der Waals surface area contributed by atoms with Crippen LogP contribution in [0.1, 0.15) is 40.5 Å². The molecule has 0 radical (unpaired) electrons. The Morgan fingerprint density at radius 2 is 2.14 bits per heavy atom. The average molecular weight is 290 g/mol. The van der Waals surface area contributed by atoms with E-state index in [9.17, 15) is 9.90 Å². The number of esters is 1. The van der Waals surface area contributed by atoms with Gasteiger partial charge in [-0.25, -0.2) is 4.79 Å². The Morgan fingerprint density at radius 3 is 2.81 bits per heavy atom.